The maximum atomic E-state index is 11.4. The maximum absolute atomic E-state index is 11.4. The van der Waals surface area contributed by atoms with Crippen molar-refractivity contribution in [2.75, 3.05) is 0 Å². The first-order valence-corrected chi connectivity index (χ1v) is 5.48. The van der Waals surface area contributed by atoms with Crippen LogP contribution < -0.4 is 5.69 Å². The van der Waals surface area contributed by atoms with Gasteiger partial charge >= 0.3 is 5.69 Å². The first kappa shape index (κ1) is 11.6. The average molecular weight is 206 g/mol. The van der Waals surface area contributed by atoms with Crippen molar-refractivity contribution in [3.63, 3.8) is 0 Å². The van der Waals surface area contributed by atoms with E-state index in [-0.39, 0.29) is 5.69 Å². The van der Waals surface area contributed by atoms with Crippen molar-refractivity contribution in [3.8, 4) is 0 Å². The van der Waals surface area contributed by atoms with E-state index in [2.05, 4.69) is 4.98 Å². The Morgan fingerprint density at radius 1 is 1.40 bits per heavy atom. The van der Waals surface area contributed by atoms with Gasteiger partial charge in [0, 0.05) is 18.7 Å². The summed E-state index contributed by atoms with van der Waals surface area (Å²) in [6.07, 6.45) is 8.78. The largest absolute Gasteiger partial charge is 0.326 e. The van der Waals surface area contributed by atoms with Crippen molar-refractivity contribution in [1.82, 2.24) is 9.55 Å². The van der Waals surface area contributed by atoms with Crippen LogP contribution in [0.3, 0.4) is 0 Å². The molecule has 0 atom stereocenters. The van der Waals surface area contributed by atoms with Crippen molar-refractivity contribution < 1.29 is 0 Å². The number of imidazole rings is 1. The highest BCUT2D eigenvalue weighted by atomic mass is 16.1. The van der Waals surface area contributed by atoms with E-state index in [1.807, 2.05) is 45.1 Å². The van der Waals surface area contributed by atoms with Gasteiger partial charge in [-0.25, -0.2) is 4.79 Å². The van der Waals surface area contributed by atoms with E-state index in [1.165, 1.54) is 0 Å². The van der Waals surface area contributed by atoms with Crippen LogP contribution in [0.25, 0.3) is 6.08 Å². The van der Waals surface area contributed by atoms with Gasteiger partial charge in [0.1, 0.15) is 0 Å². The molecular weight excluding hydrogens is 188 g/mol. The lowest BCUT2D eigenvalue weighted by Gasteiger charge is -1.99. The Balaban J connectivity index is 0.000000531. The molecule has 0 spiro atoms. The first-order chi connectivity index (χ1) is 7.33. The number of nitrogens with zero attached hydrogens (tertiary/aromatic N) is 1. The number of rotatable bonds is 1. The predicted molar refractivity (Wildman–Crippen MR) is 64.0 cm³/mol. The third-order valence-corrected chi connectivity index (χ3v) is 2.24. The van der Waals surface area contributed by atoms with Gasteiger partial charge in [0.25, 0.3) is 0 Å². The van der Waals surface area contributed by atoms with Crippen molar-refractivity contribution >= 4 is 6.08 Å². The van der Waals surface area contributed by atoms with Gasteiger partial charge in [-0.1, -0.05) is 32.1 Å². The number of aromatic nitrogens is 2. The molecule has 82 valence electrons. The molecule has 0 saturated carbocycles. The highest BCUT2D eigenvalue weighted by Crippen LogP contribution is 2.11. The molecule has 0 radical (unpaired) electrons. The number of hydrogen-bond donors (Lipinski definition) is 1. The fourth-order valence-corrected chi connectivity index (χ4v) is 1.60. The summed E-state index contributed by atoms with van der Waals surface area (Å²) in [5, 5.41) is 0. The highest BCUT2D eigenvalue weighted by Gasteiger charge is 2.09. The lowest BCUT2D eigenvalue weighted by atomic mass is 10.2. The zero-order valence-corrected chi connectivity index (χ0v) is 9.58. The lowest BCUT2D eigenvalue weighted by molar-refractivity contribution is 0.723. The number of nitrogens with one attached hydrogen (secondary N) is 1. The Morgan fingerprint density at radius 3 is 2.80 bits per heavy atom. The maximum Gasteiger partial charge on any atom is 0.326 e. The topological polar surface area (TPSA) is 37.8 Å². The molecule has 1 aromatic rings. The predicted octanol–water partition coefficient (Wildman–Crippen LogP) is 2.35. The van der Waals surface area contributed by atoms with Gasteiger partial charge in [0.15, 0.2) is 0 Å². The van der Waals surface area contributed by atoms with Crippen LogP contribution in [-0.4, -0.2) is 9.55 Å². The summed E-state index contributed by atoms with van der Waals surface area (Å²) in [6, 6.07) is 0. The minimum atomic E-state index is -0.00699. The van der Waals surface area contributed by atoms with Crippen molar-refractivity contribution in [2.24, 2.45) is 0 Å². The van der Waals surface area contributed by atoms with Crippen molar-refractivity contribution in [3.05, 3.63) is 40.1 Å². The molecule has 0 bridgehead atoms. The van der Waals surface area contributed by atoms with Crippen LogP contribution in [0.5, 0.6) is 0 Å². The number of hydrogen-bond acceptors (Lipinski definition) is 1. The Labute approximate surface area is 90.1 Å². The molecule has 0 fully saturated rings. The molecule has 1 heterocycles. The molecule has 0 aliphatic heterocycles. The van der Waals surface area contributed by atoms with Crippen LogP contribution in [0.4, 0.5) is 0 Å². The fraction of sp³-hybridized carbons (Fsp3) is 0.417. The molecular formula is C12H18N2O. The zero-order valence-electron chi connectivity index (χ0n) is 9.58. The van der Waals surface area contributed by atoms with Crippen LogP contribution >= 0.6 is 0 Å². The van der Waals surface area contributed by atoms with Crippen LogP contribution in [0.2, 0.25) is 0 Å². The number of allylic oxidation sites excluding steroid dienone is 3. The van der Waals surface area contributed by atoms with Gasteiger partial charge < -0.3 is 4.98 Å². The summed E-state index contributed by atoms with van der Waals surface area (Å²) >= 11 is 0. The number of H-pyrrole nitrogens is 1. The van der Waals surface area contributed by atoms with Crippen LogP contribution in [0.1, 0.15) is 32.2 Å². The minimum absolute atomic E-state index is 0.00699. The third kappa shape index (κ3) is 2.29. The minimum Gasteiger partial charge on any atom is -0.309 e. The van der Waals surface area contributed by atoms with E-state index in [0.717, 1.165) is 24.4 Å². The molecule has 15 heavy (non-hydrogen) atoms. The Hall–Kier alpha value is -1.51. The van der Waals surface area contributed by atoms with Crippen molar-refractivity contribution in [1.29, 1.82) is 0 Å². The Kier molecular flexibility index (Phi) is 4.16. The van der Waals surface area contributed by atoms with Crippen LogP contribution in [0, 0.1) is 0 Å². The van der Waals surface area contributed by atoms with E-state index in [0.29, 0.717) is 0 Å². The number of aromatic amines is 1. The smallest absolute Gasteiger partial charge is 0.309 e. The van der Waals surface area contributed by atoms with Gasteiger partial charge in [-0.15, -0.1) is 0 Å². The summed E-state index contributed by atoms with van der Waals surface area (Å²) in [7, 11) is 0. The quantitative estimate of drug-likeness (QED) is 0.752. The van der Waals surface area contributed by atoms with Crippen molar-refractivity contribution in [2.45, 2.75) is 33.7 Å². The summed E-state index contributed by atoms with van der Waals surface area (Å²) in [4.78, 5) is 14.3. The second-order valence-corrected chi connectivity index (χ2v) is 3.03. The SMILES string of the molecule is CC.CCn1c2c([nH]c1=O)CC=CC=C2. The highest BCUT2D eigenvalue weighted by molar-refractivity contribution is 5.52. The summed E-state index contributed by atoms with van der Waals surface area (Å²) in [5.74, 6) is 0. The molecule has 3 nitrogen and oxygen atoms in total. The fourth-order valence-electron chi connectivity index (χ4n) is 1.60. The second-order valence-electron chi connectivity index (χ2n) is 3.03. The number of fused-ring (bicyclic) bond motifs is 1. The van der Waals surface area contributed by atoms with E-state index in [1.54, 1.807) is 4.57 Å². The molecule has 1 aliphatic rings. The second kappa shape index (κ2) is 5.39. The molecule has 3 heteroatoms. The first-order valence-electron chi connectivity index (χ1n) is 5.48. The summed E-state index contributed by atoms with van der Waals surface area (Å²) < 4.78 is 1.75. The summed E-state index contributed by atoms with van der Waals surface area (Å²) in [6.45, 7) is 6.69. The molecule has 0 aromatic carbocycles. The molecule has 0 saturated heterocycles. The van der Waals surface area contributed by atoms with Gasteiger partial charge in [-0.3, -0.25) is 4.57 Å². The van der Waals surface area contributed by atoms with Crippen LogP contribution in [0.15, 0.2) is 23.0 Å². The van der Waals surface area contributed by atoms with Gasteiger partial charge in [-0.2, -0.15) is 0 Å². The van der Waals surface area contributed by atoms with E-state index in [9.17, 15) is 4.79 Å². The van der Waals surface area contributed by atoms with Gasteiger partial charge in [0.2, 0.25) is 0 Å². The standard InChI is InChI=1S/C10H12N2O.C2H6/c1-2-12-9-7-5-3-4-6-8(9)11-10(12)13;1-2/h3-5,7H,2,6H2,1H3,(H,11,13);1-2H3. The molecule has 1 N–H and O–H groups in total. The van der Waals surface area contributed by atoms with E-state index in [4.69, 9.17) is 0 Å². The van der Waals surface area contributed by atoms with Gasteiger partial charge in [0.05, 0.1) is 5.69 Å². The molecule has 0 unspecified atom stereocenters. The normalized spacial score (nSPS) is 12.7. The molecule has 1 aliphatic carbocycles. The van der Waals surface area contributed by atoms with Gasteiger partial charge in [-0.05, 0) is 13.0 Å². The molecule has 2 rings (SSSR count). The summed E-state index contributed by atoms with van der Waals surface area (Å²) in [5.41, 5.74) is 2.02. The monoisotopic (exact) mass is 206 g/mol. The zero-order chi connectivity index (χ0) is 11.3. The molecule has 0 amide bonds. The Bertz CT molecular complexity index is 421. The van der Waals surface area contributed by atoms with E-state index >= 15 is 0 Å². The van der Waals surface area contributed by atoms with E-state index < -0.39 is 0 Å². The third-order valence-electron chi connectivity index (χ3n) is 2.24. The Morgan fingerprint density at radius 2 is 2.13 bits per heavy atom. The lowest BCUT2D eigenvalue weighted by Crippen LogP contribution is -2.16. The van der Waals surface area contributed by atoms with Crippen LogP contribution in [-0.2, 0) is 13.0 Å². The average Bonchev–Trinajstić information content (AvgIpc) is 2.43. The molecule has 1 aromatic heterocycles.